The van der Waals surface area contributed by atoms with Gasteiger partial charge in [0, 0.05) is 17.4 Å². The number of esters is 1. The number of hydrogen-bond acceptors (Lipinski definition) is 4. The van der Waals surface area contributed by atoms with E-state index in [0.29, 0.717) is 28.7 Å². The molecule has 0 amide bonds. The van der Waals surface area contributed by atoms with Gasteiger partial charge in [-0.1, -0.05) is 60.5 Å². The van der Waals surface area contributed by atoms with E-state index in [1.54, 1.807) is 0 Å². The molecule has 4 nitrogen and oxygen atoms in total. The van der Waals surface area contributed by atoms with Crippen molar-refractivity contribution in [2.45, 2.75) is 105 Å². The number of fused-ring (bicyclic) bond motifs is 5. The van der Waals surface area contributed by atoms with Crippen molar-refractivity contribution in [3.05, 3.63) is 11.6 Å². The first kappa shape index (κ1) is 25.9. The van der Waals surface area contributed by atoms with Crippen LogP contribution in [0.5, 0.6) is 0 Å². The molecule has 0 aromatic rings. The summed E-state index contributed by atoms with van der Waals surface area (Å²) in [4.78, 5) is 25.6. The molecule has 1 unspecified atom stereocenters. The van der Waals surface area contributed by atoms with Crippen molar-refractivity contribution in [2.75, 3.05) is 7.11 Å². The van der Waals surface area contributed by atoms with Crippen molar-refractivity contribution in [3.63, 3.8) is 0 Å². The molecule has 0 aromatic carbocycles. The van der Waals surface area contributed by atoms with E-state index in [4.69, 9.17) is 4.74 Å². The summed E-state index contributed by atoms with van der Waals surface area (Å²) >= 11 is 0. The highest BCUT2D eigenvalue weighted by Gasteiger charge is 2.67. The molecule has 0 aromatic heterocycles. The van der Waals surface area contributed by atoms with Crippen molar-refractivity contribution in [2.24, 2.45) is 52.3 Å². The minimum atomic E-state index is -2.01. The third-order valence-corrected chi connectivity index (χ3v) is 11.5. The SMILES string of the molecule is CCC(CC[C@@H](C)[C@H]1CC[C@H]2[C@@H]3CC=C4C(=O)[C@](O)(C(=O)OC)C[C@]4(C)[C@H]3CC[C@]12C)C(C)C. The maximum atomic E-state index is 13.2. The van der Waals surface area contributed by atoms with Crippen LogP contribution in [-0.2, 0) is 14.3 Å². The molecule has 0 saturated heterocycles. The fourth-order valence-corrected chi connectivity index (χ4v) is 9.50. The fraction of sp³-hybridized carbons (Fsp3) is 0.867. The quantitative estimate of drug-likeness (QED) is 0.346. The Hall–Kier alpha value is -1.16. The number of carbonyl (C=O) groups excluding carboxylic acids is 2. The van der Waals surface area contributed by atoms with Gasteiger partial charge in [-0.25, -0.2) is 4.79 Å². The van der Waals surface area contributed by atoms with Gasteiger partial charge < -0.3 is 9.84 Å². The average molecular weight is 473 g/mol. The van der Waals surface area contributed by atoms with Crippen LogP contribution in [0.3, 0.4) is 0 Å². The van der Waals surface area contributed by atoms with Crippen LogP contribution < -0.4 is 0 Å². The number of hydrogen-bond donors (Lipinski definition) is 1. The van der Waals surface area contributed by atoms with Gasteiger partial charge in [0.1, 0.15) is 0 Å². The highest BCUT2D eigenvalue weighted by Crippen LogP contribution is 2.68. The molecule has 4 heteroatoms. The molecule has 34 heavy (non-hydrogen) atoms. The zero-order valence-electron chi connectivity index (χ0n) is 22.7. The summed E-state index contributed by atoms with van der Waals surface area (Å²) in [6.07, 6.45) is 12.0. The Morgan fingerprint density at radius 3 is 2.47 bits per heavy atom. The molecule has 3 fully saturated rings. The molecule has 1 N–H and O–H groups in total. The monoisotopic (exact) mass is 472 g/mol. The summed E-state index contributed by atoms with van der Waals surface area (Å²) in [5.41, 5.74) is -1.39. The molecule has 4 rings (SSSR count). The van der Waals surface area contributed by atoms with Crippen LogP contribution in [0.15, 0.2) is 11.6 Å². The van der Waals surface area contributed by atoms with Gasteiger partial charge in [-0.05, 0) is 85.4 Å². The predicted octanol–water partition coefficient (Wildman–Crippen LogP) is 6.36. The number of ketones is 1. The topological polar surface area (TPSA) is 63.6 Å². The van der Waals surface area contributed by atoms with E-state index in [0.717, 1.165) is 36.5 Å². The molecule has 0 radical (unpaired) electrons. The van der Waals surface area contributed by atoms with Crippen molar-refractivity contribution in [3.8, 4) is 0 Å². The zero-order valence-corrected chi connectivity index (χ0v) is 22.7. The lowest BCUT2D eigenvalue weighted by molar-refractivity contribution is -0.166. The Labute approximate surface area is 207 Å². The number of aliphatic hydroxyl groups is 1. The summed E-state index contributed by atoms with van der Waals surface area (Å²) in [5, 5.41) is 11.1. The van der Waals surface area contributed by atoms with Crippen LogP contribution in [0.1, 0.15) is 99.3 Å². The first-order chi connectivity index (χ1) is 15.9. The second kappa shape index (κ2) is 9.05. The Bertz CT molecular complexity index is 845. The molecule has 4 aliphatic rings. The molecular weight excluding hydrogens is 424 g/mol. The second-order valence-electron chi connectivity index (χ2n) is 13.2. The van der Waals surface area contributed by atoms with Crippen LogP contribution in [0.2, 0.25) is 0 Å². The molecule has 9 atom stereocenters. The molecule has 0 aliphatic heterocycles. The lowest BCUT2D eigenvalue weighted by Gasteiger charge is -2.55. The Balaban J connectivity index is 1.53. The molecule has 3 saturated carbocycles. The Morgan fingerprint density at radius 1 is 1.15 bits per heavy atom. The van der Waals surface area contributed by atoms with Gasteiger partial charge in [0.25, 0.3) is 0 Å². The lowest BCUT2D eigenvalue weighted by Crippen LogP contribution is -2.49. The Morgan fingerprint density at radius 2 is 1.85 bits per heavy atom. The van der Waals surface area contributed by atoms with E-state index in [9.17, 15) is 14.7 Å². The molecule has 0 bridgehead atoms. The number of carbonyl (C=O) groups is 2. The maximum absolute atomic E-state index is 13.2. The minimum absolute atomic E-state index is 0.176. The van der Waals surface area contributed by atoms with Gasteiger partial charge in [-0.3, -0.25) is 4.79 Å². The van der Waals surface area contributed by atoms with Crippen LogP contribution in [0.4, 0.5) is 0 Å². The highest BCUT2D eigenvalue weighted by atomic mass is 16.5. The van der Waals surface area contributed by atoms with Crippen molar-refractivity contribution >= 4 is 11.8 Å². The van der Waals surface area contributed by atoms with Gasteiger partial charge in [0.05, 0.1) is 7.11 Å². The van der Waals surface area contributed by atoms with E-state index in [2.05, 4.69) is 47.6 Å². The smallest absolute Gasteiger partial charge is 0.346 e. The van der Waals surface area contributed by atoms with Gasteiger partial charge >= 0.3 is 5.97 Å². The number of Topliss-reactive ketones (excluding diaryl/α,β-unsaturated/α-hetero) is 1. The molecule has 0 spiro atoms. The second-order valence-corrected chi connectivity index (χ2v) is 13.2. The molecule has 192 valence electrons. The average Bonchev–Trinajstić information content (AvgIpc) is 3.25. The first-order valence-corrected chi connectivity index (χ1v) is 14.0. The summed E-state index contributed by atoms with van der Waals surface area (Å²) in [6.45, 7) is 14.3. The van der Waals surface area contributed by atoms with Gasteiger partial charge in [0.2, 0.25) is 11.4 Å². The zero-order chi connectivity index (χ0) is 25.1. The maximum Gasteiger partial charge on any atom is 0.346 e. The summed E-state index contributed by atoms with van der Waals surface area (Å²) in [5.74, 6) is 3.47. The Kier molecular flexibility index (Phi) is 6.90. The van der Waals surface area contributed by atoms with E-state index in [1.165, 1.54) is 45.6 Å². The number of rotatable bonds is 7. The van der Waals surface area contributed by atoms with Crippen molar-refractivity contribution < 1.29 is 19.4 Å². The number of allylic oxidation sites excluding steroid dienone is 1. The number of methoxy groups -OCH3 is 1. The minimum Gasteiger partial charge on any atom is -0.467 e. The lowest BCUT2D eigenvalue weighted by atomic mass is 9.49. The van der Waals surface area contributed by atoms with E-state index >= 15 is 0 Å². The molecular formula is C30H48O4. The number of ether oxygens (including phenoxy) is 1. The summed E-state index contributed by atoms with van der Waals surface area (Å²) in [6, 6.07) is 0. The normalized spacial score (nSPS) is 43.1. The summed E-state index contributed by atoms with van der Waals surface area (Å²) < 4.78 is 4.85. The molecule has 0 heterocycles. The van der Waals surface area contributed by atoms with E-state index in [-0.39, 0.29) is 6.42 Å². The predicted molar refractivity (Wildman–Crippen MR) is 135 cm³/mol. The van der Waals surface area contributed by atoms with E-state index < -0.39 is 22.8 Å². The third-order valence-electron chi connectivity index (χ3n) is 11.5. The van der Waals surface area contributed by atoms with Gasteiger partial charge in [0.15, 0.2) is 0 Å². The van der Waals surface area contributed by atoms with Crippen LogP contribution >= 0.6 is 0 Å². The summed E-state index contributed by atoms with van der Waals surface area (Å²) in [7, 11) is 1.25. The third kappa shape index (κ3) is 3.73. The van der Waals surface area contributed by atoms with Crippen LogP contribution in [-0.4, -0.2) is 29.6 Å². The van der Waals surface area contributed by atoms with E-state index in [1.807, 2.05) is 0 Å². The fourth-order valence-electron chi connectivity index (χ4n) is 9.50. The largest absolute Gasteiger partial charge is 0.467 e. The standard InChI is InChI=1S/C30H48O4/c1-8-20(18(2)3)10-9-19(4)22-13-14-23-21-11-12-25-26(31)30(33,27(32)34-7)17-29(25,6)24(21)15-16-28(22,23)5/h12,18-24,33H,8-11,13-17H2,1-7H3/t19-,20?,21+,22-,23+,24+,28-,29-,30+/m1/s1. The molecule has 4 aliphatic carbocycles. The first-order valence-electron chi connectivity index (χ1n) is 14.0. The van der Waals surface area contributed by atoms with Crippen molar-refractivity contribution in [1.29, 1.82) is 0 Å². The van der Waals surface area contributed by atoms with Gasteiger partial charge in [-0.2, -0.15) is 0 Å². The van der Waals surface area contributed by atoms with Crippen molar-refractivity contribution in [1.82, 2.24) is 0 Å². The van der Waals surface area contributed by atoms with Crippen LogP contribution in [0.25, 0.3) is 0 Å². The highest BCUT2D eigenvalue weighted by molar-refractivity contribution is 6.18. The van der Waals surface area contributed by atoms with Gasteiger partial charge in [-0.15, -0.1) is 0 Å². The van der Waals surface area contributed by atoms with Crippen LogP contribution in [0, 0.1) is 52.3 Å².